The van der Waals surface area contributed by atoms with Crippen LogP contribution in [0.5, 0.6) is 11.5 Å². The molecule has 6 nitrogen and oxygen atoms in total. The van der Waals surface area contributed by atoms with Gasteiger partial charge in [0.05, 0.1) is 11.1 Å². The predicted molar refractivity (Wildman–Crippen MR) is 111 cm³/mol. The van der Waals surface area contributed by atoms with E-state index >= 15 is 0 Å². The van der Waals surface area contributed by atoms with E-state index in [2.05, 4.69) is 0 Å². The first-order valence-electron chi connectivity index (χ1n) is 10.0. The minimum absolute atomic E-state index is 0.190. The summed E-state index contributed by atoms with van der Waals surface area (Å²) in [6.07, 6.45) is 0. The first-order chi connectivity index (χ1) is 14.0. The van der Waals surface area contributed by atoms with Gasteiger partial charge in [-0.2, -0.15) is 0 Å². The highest BCUT2D eigenvalue weighted by Gasteiger charge is 2.48. The van der Waals surface area contributed by atoms with Gasteiger partial charge >= 0.3 is 5.97 Å². The largest absolute Gasteiger partial charge is 0.487 e. The summed E-state index contributed by atoms with van der Waals surface area (Å²) < 4.78 is 11.8. The van der Waals surface area contributed by atoms with Crippen LogP contribution in [-0.2, 0) is 4.79 Å². The van der Waals surface area contributed by atoms with E-state index in [0.29, 0.717) is 16.9 Å². The molecule has 0 saturated heterocycles. The highest BCUT2D eigenvalue weighted by molar-refractivity contribution is 6.21. The predicted octanol–water partition coefficient (Wildman–Crippen LogP) is 4.09. The van der Waals surface area contributed by atoms with Crippen LogP contribution in [0.4, 0.5) is 0 Å². The van der Waals surface area contributed by atoms with Crippen molar-refractivity contribution in [3.63, 3.8) is 0 Å². The lowest BCUT2D eigenvalue weighted by Gasteiger charge is -2.29. The molecule has 0 aliphatic carbocycles. The molecule has 0 radical (unpaired) electrons. The lowest BCUT2D eigenvalue weighted by Crippen LogP contribution is -2.41. The highest BCUT2D eigenvalue weighted by Crippen LogP contribution is 2.52. The second-order valence-electron chi connectivity index (χ2n) is 8.57. The molecule has 0 aromatic heterocycles. The Bertz CT molecular complexity index is 1080. The Morgan fingerprint density at radius 3 is 2.13 bits per heavy atom. The molecular weight excluding hydrogens is 382 g/mol. The molecule has 2 aliphatic rings. The lowest BCUT2D eigenvalue weighted by atomic mass is 9.82. The third-order valence-electron chi connectivity index (χ3n) is 6.27. The van der Waals surface area contributed by atoms with Crippen LogP contribution < -0.4 is 9.47 Å². The molecule has 156 valence electrons. The van der Waals surface area contributed by atoms with E-state index in [4.69, 9.17) is 9.47 Å². The van der Waals surface area contributed by atoms with Gasteiger partial charge in [0, 0.05) is 24.9 Å². The fraction of sp³-hybridized carbons (Fsp3) is 0.375. The van der Waals surface area contributed by atoms with Crippen molar-refractivity contribution in [2.75, 3.05) is 6.54 Å². The van der Waals surface area contributed by atoms with Crippen molar-refractivity contribution in [2.24, 2.45) is 0 Å². The number of rotatable bonds is 3. The summed E-state index contributed by atoms with van der Waals surface area (Å²) in [5, 5.41) is 0. The number of esters is 1. The monoisotopic (exact) mass is 407 g/mol. The van der Waals surface area contributed by atoms with Gasteiger partial charge in [0.15, 0.2) is 0 Å². The van der Waals surface area contributed by atoms with Gasteiger partial charge in [-0.3, -0.25) is 19.3 Å². The van der Waals surface area contributed by atoms with E-state index < -0.39 is 11.6 Å². The van der Waals surface area contributed by atoms with Crippen molar-refractivity contribution < 1.29 is 23.9 Å². The van der Waals surface area contributed by atoms with Crippen molar-refractivity contribution in [2.45, 2.75) is 53.1 Å². The number of carbonyl (C=O) groups is 3. The number of carbonyl (C=O) groups excluding carboxylic acids is 3. The SMILES string of the molecule is CC(=O)Oc1c(C)c(C)c2c(c1C)C(CN1C(=O)c3ccccc3C1=O)C(C)(C)O2. The molecule has 4 rings (SSSR count). The highest BCUT2D eigenvalue weighted by atomic mass is 16.5. The summed E-state index contributed by atoms with van der Waals surface area (Å²) in [7, 11) is 0. The quantitative estimate of drug-likeness (QED) is 0.435. The maximum Gasteiger partial charge on any atom is 0.308 e. The zero-order chi connectivity index (χ0) is 22.0. The number of benzene rings is 2. The number of ether oxygens (including phenoxy) is 2. The average molecular weight is 407 g/mol. The van der Waals surface area contributed by atoms with Gasteiger partial charge in [-0.25, -0.2) is 0 Å². The first kappa shape index (κ1) is 20.1. The Morgan fingerprint density at radius 2 is 1.60 bits per heavy atom. The molecule has 1 unspecified atom stereocenters. The van der Waals surface area contributed by atoms with E-state index in [9.17, 15) is 14.4 Å². The molecule has 0 spiro atoms. The van der Waals surface area contributed by atoms with Gasteiger partial charge in [0.25, 0.3) is 11.8 Å². The van der Waals surface area contributed by atoms with E-state index in [0.717, 1.165) is 28.0 Å². The van der Waals surface area contributed by atoms with E-state index in [1.807, 2.05) is 34.6 Å². The summed E-state index contributed by atoms with van der Waals surface area (Å²) in [4.78, 5) is 38.8. The van der Waals surface area contributed by atoms with Gasteiger partial charge in [-0.1, -0.05) is 12.1 Å². The molecule has 2 aliphatic heterocycles. The lowest BCUT2D eigenvalue weighted by molar-refractivity contribution is -0.132. The van der Waals surface area contributed by atoms with Crippen LogP contribution in [0.2, 0.25) is 0 Å². The fourth-order valence-electron chi connectivity index (χ4n) is 4.54. The van der Waals surface area contributed by atoms with Crippen LogP contribution in [0.25, 0.3) is 0 Å². The summed E-state index contributed by atoms with van der Waals surface area (Å²) in [6, 6.07) is 6.87. The van der Waals surface area contributed by atoms with E-state index in [1.54, 1.807) is 24.3 Å². The third-order valence-corrected chi connectivity index (χ3v) is 6.27. The molecule has 2 aromatic carbocycles. The van der Waals surface area contributed by atoms with Crippen LogP contribution in [0.1, 0.15) is 69.7 Å². The van der Waals surface area contributed by atoms with Crippen molar-refractivity contribution in [1.82, 2.24) is 4.90 Å². The maximum absolute atomic E-state index is 12.9. The Hall–Kier alpha value is -3.15. The van der Waals surface area contributed by atoms with Crippen molar-refractivity contribution >= 4 is 17.8 Å². The maximum atomic E-state index is 12.9. The van der Waals surface area contributed by atoms with Crippen molar-refractivity contribution in [1.29, 1.82) is 0 Å². The second kappa shape index (κ2) is 6.69. The molecule has 2 heterocycles. The van der Waals surface area contributed by atoms with Gasteiger partial charge in [0.2, 0.25) is 0 Å². The molecule has 1 atom stereocenters. The van der Waals surface area contributed by atoms with Gasteiger partial charge in [-0.05, 0) is 63.4 Å². The molecule has 30 heavy (non-hydrogen) atoms. The Balaban J connectivity index is 1.80. The minimum atomic E-state index is -0.644. The van der Waals surface area contributed by atoms with Crippen molar-refractivity contribution in [3.05, 3.63) is 57.6 Å². The zero-order valence-corrected chi connectivity index (χ0v) is 18.1. The van der Waals surface area contributed by atoms with Gasteiger partial charge in [0.1, 0.15) is 17.1 Å². The number of hydrogen-bond donors (Lipinski definition) is 0. The zero-order valence-electron chi connectivity index (χ0n) is 18.1. The van der Waals surface area contributed by atoms with E-state index in [-0.39, 0.29) is 24.3 Å². The van der Waals surface area contributed by atoms with Crippen LogP contribution >= 0.6 is 0 Å². The summed E-state index contributed by atoms with van der Waals surface area (Å²) in [6.45, 7) is 11.2. The van der Waals surface area contributed by atoms with Crippen molar-refractivity contribution in [3.8, 4) is 11.5 Å². The number of nitrogens with zero attached hydrogens (tertiary/aromatic N) is 1. The Labute approximate surface area is 175 Å². The van der Waals surface area contributed by atoms with Gasteiger partial charge < -0.3 is 9.47 Å². The van der Waals surface area contributed by atoms with Gasteiger partial charge in [-0.15, -0.1) is 0 Å². The Kier molecular flexibility index (Phi) is 4.49. The second-order valence-corrected chi connectivity index (χ2v) is 8.57. The molecule has 6 heteroatoms. The van der Waals surface area contributed by atoms with E-state index in [1.165, 1.54) is 11.8 Å². The fourth-order valence-corrected chi connectivity index (χ4v) is 4.54. The molecule has 2 aromatic rings. The topological polar surface area (TPSA) is 72.9 Å². The normalized spacial score (nSPS) is 18.9. The Morgan fingerprint density at radius 1 is 1.03 bits per heavy atom. The van der Waals surface area contributed by atoms with Crippen LogP contribution in [-0.4, -0.2) is 34.8 Å². The summed E-state index contributed by atoms with van der Waals surface area (Å²) >= 11 is 0. The molecule has 0 N–H and O–H groups in total. The third kappa shape index (κ3) is 2.82. The van der Waals surface area contributed by atoms with Crippen LogP contribution in [0.15, 0.2) is 24.3 Å². The average Bonchev–Trinajstić information content (AvgIpc) is 3.09. The molecule has 0 bridgehead atoms. The molecule has 0 fully saturated rings. The number of amides is 2. The molecule has 0 saturated carbocycles. The number of imide groups is 1. The smallest absolute Gasteiger partial charge is 0.308 e. The molecular formula is C24H25NO5. The van der Waals surface area contributed by atoms with Crippen LogP contribution in [0, 0.1) is 20.8 Å². The first-order valence-corrected chi connectivity index (χ1v) is 10.0. The summed E-state index contributed by atoms with van der Waals surface area (Å²) in [5.74, 6) is 0.0296. The number of fused-ring (bicyclic) bond motifs is 2. The standard InChI is InChI=1S/C24H25NO5/c1-12-13(2)21-19(14(3)20(12)29-15(4)26)18(24(5,6)30-21)11-25-22(27)16-9-7-8-10-17(16)23(25)28/h7-10,18H,11H2,1-6H3. The number of hydrogen-bond acceptors (Lipinski definition) is 5. The van der Waals surface area contributed by atoms with Crippen LogP contribution in [0.3, 0.4) is 0 Å². The minimum Gasteiger partial charge on any atom is -0.487 e. The molecule has 2 amide bonds. The summed E-state index contributed by atoms with van der Waals surface area (Å²) in [5.41, 5.74) is 3.64.